The molecule has 0 spiro atoms. The molecule has 2 fully saturated rings. The molecule has 0 aliphatic carbocycles. The first kappa shape index (κ1) is 11.5. The van der Waals surface area contributed by atoms with Crippen molar-refractivity contribution in [2.45, 2.75) is 25.3 Å². The van der Waals surface area contributed by atoms with Crippen LogP contribution in [0.4, 0.5) is 0 Å². The SMILES string of the molecule is CN1CCC(CNC2CC(=O)NC2=O)CC1. The van der Waals surface area contributed by atoms with Crippen LogP contribution < -0.4 is 10.6 Å². The lowest BCUT2D eigenvalue weighted by atomic mass is 9.97. The molecule has 5 heteroatoms. The molecule has 5 nitrogen and oxygen atoms in total. The third kappa shape index (κ3) is 2.80. The molecule has 0 aromatic rings. The van der Waals surface area contributed by atoms with E-state index < -0.39 is 0 Å². The van der Waals surface area contributed by atoms with E-state index in [0.717, 1.165) is 19.6 Å². The lowest BCUT2D eigenvalue weighted by molar-refractivity contribution is -0.125. The quantitative estimate of drug-likeness (QED) is 0.626. The number of carbonyl (C=O) groups excluding carboxylic acids is 2. The van der Waals surface area contributed by atoms with E-state index in [1.54, 1.807) is 0 Å². The van der Waals surface area contributed by atoms with E-state index in [4.69, 9.17) is 0 Å². The van der Waals surface area contributed by atoms with Gasteiger partial charge in [0, 0.05) is 0 Å². The number of hydrogen-bond acceptors (Lipinski definition) is 4. The first-order valence-electron chi connectivity index (χ1n) is 5.91. The van der Waals surface area contributed by atoms with E-state index in [-0.39, 0.29) is 17.9 Å². The number of rotatable bonds is 3. The molecule has 0 radical (unpaired) electrons. The highest BCUT2D eigenvalue weighted by molar-refractivity contribution is 6.05. The fraction of sp³-hybridized carbons (Fsp3) is 0.818. The summed E-state index contributed by atoms with van der Waals surface area (Å²) >= 11 is 0. The topological polar surface area (TPSA) is 61.4 Å². The molecule has 2 saturated heterocycles. The Balaban J connectivity index is 1.71. The minimum absolute atomic E-state index is 0.161. The van der Waals surface area contributed by atoms with Crippen LogP contribution in [0.15, 0.2) is 0 Å². The number of hydrogen-bond donors (Lipinski definition) is 2. The molecule has 1 atom stereocenters. The smallest absolute Gasteiger partial charge is 0.244 e. The summed E-state index contributed by atoms with van der Waals surface area (Å²) in [6, 6.07) is -0.299. The zero-order chi connectivity index (χ0) is 11.5. The van der Waals surface area contributed by atoms with Crippen molar-refractivity contribution in [2.24, 2.45) is 5.92 Å². The van der Waals surface area contributed by atoms with Crippen molar-refractivity contribution in [2.75, 3.05) is 26.7 Å². The monoisotopic (exact) mass is 225 g/mol. The standard InChI is InChI=1S/C11H19N3O2/c1-14-4-2-8(3-5-14)7-12-9-6-10(15)13-11(9)16/h8-9,12H,2-7H2,1H3,(H,13,15,16). The summed E-state index contributed by atoms with van der Waals surface area (Å²) in [5.41, 5.74) is 0. The summed E-state index contributed by atoms with van der Waals surface area (Å²) in [4.78, 5) is 24.6. The lowest BCUT2D eigenvalue weighted by Crippen LogP contribution is -2.41. The highest BCUT2D eigenvalue weighted by Crippen LogP contribution is 2.15. The molecular formula is C11H19N3O2. The van der Waals surface area contributed by atoms with Crippen LogP contribution in [0.1, 0.15) is 19.3 Å². The van der Waals surface area contributed by atoms with Gasteiger partial charge in [-0.1, -0.05) is 0 Å². The zero-order valence-corrected chi connectivity index (χ0v) is 9.66. The number of likely N-dealkylation sites (tertiary alicyclic amines) is 1. The minimum atomic E-state index is -0.299. The Kier molecular flexibility index (Phi) is 3.56. The van der Waals surface area contributed by atoms with E-state index in [9.17, 15) is 9.59 Å². The molecule has 2 rings (SSSR count). The molecule has 2 aliphatic rings. The average Bonchev–Trinajstić information content (AvgIpc) is 2.57. The lowest BCUT2D eigenvalue weighted by Gasteiger charge is -2.29. The van der Waals surface area contributed by atoms with Crippen molar-refractivity contribution in [3.05, 3.63) is 0 Å². The minimum Gasteiger partial charge on any atom is -0.306 e. The Morgan fingerprint density at radius 1 is 1.38 bits per heavy atom. The second-order valence-corrected chi connectivity index (χ2v) is 4.82. The number of imide groups is 1. The van der Waals surface area contributed by atoms with Crippen LogP contribution in [-0.2, 0) is 9.59 Å². The van der Waals surface area contributed by atoms with Crippen molar-refractivity contribution in [3.63, 3.8) is 0 Å². The van der Waals surface area contributed by atoms with Gasteiger partial charge in [-0.05, 0) is 45.4 Å². The molecule has 16 heavy (non-hydrogen) atoms. The van der Waals surface area contributed by atoms with Crippen LogP contribution in [-0.4, -0.2) is 49.4 Å². The second-order valence-electron chi connectivity index (χ2n) is 4.82. The largest absolute Gasteiger partial charge is 0.306 e. The Hall–Kier alpha value is -0.940. The van der Waals surface area contributed by atoms with Crippen LogP contribution in [0.3, 0.4) is 0 Å². The predicted molar refractivity (Wildman–Crippen MR) is 59.8 cm³/mol. The highest BCUT2D eigenvalue weighted by atomic mass is 16.2. The fourth-order valence-electron chi connectivity index (χ4n) is 2.29. The molecule has 90 valence electrons. The predicted octanol–water partition coefficient (Wildman–Crippen LogP) is -0.667. The van der Waals surface area contributed by atoms with Gasteiger partial charge in [-0.25, -0.2) is 0 Å². The summed E-state index contributed by atoms with van der Waals surface area (Å²) in [5, 5.41) is 5.51. The van der Waals surface area contributed by atoms with E-state index in [0.29, 0.717) is 12.3 Å². The van der Waals surface area contributed by atoms with Gasteiger partial charge in [0.1, 0.15) is 0 Å². The maximum absolute atomic E-state index is 11.3. The summed E-state index contributed by atoms with van der Waals surface area (Å²) in [5.74, 6) is 0.309. The molecule has 2 heterocycles. The van der Waals surface area contributed by atoms with E-state index >= 15 is 0 Å². The van der Waals surface area contributed by atoms with E-state index in [2.05, 4.69) is 22.6 Å². The first-order valence-corrected chi connectivity index (χ1v) is 5.91. The number of nitrogens with zero attached hydrogens (tertiary/aromatic N) is 1. The summed E-state index contributed by atoms with van der Waals surface area (Å²) in [6.45, 7) is 3.10. The number of nitrogens with one attached hydrogen (secondary N) is 2. The van der Waals surface area contributed by atoms with Crippen LogP contribution in [0.2, 0.25) is 0 Å². The Morgan fingerprint density at radius 3 is 2.62 bits per heavy atom. The Bertz CT molecular complexity index is 285. The highest BCUT2D eigenvalue weighted by Gasteiger charge is 2.30. The van der Waals surface area contributed by atoms with Gasteiger partial charge in [0.15, 0.2) is 0 Å². The van der Waals surface area contributed by atoms with Crippen LogP contribution >= 0.6 is 0 Å². The van der Waals surface area contributed by atoms with Gasteiger partial charge < -0.3 is 10.2 Å². The van der Waals surface area contributed by atoms with Gasteiger partial charge in [0.05, 0.1) is 12.5 Å². The molecule has 2 amide bonds. The van der Waals surface area contributed by atoms with Crippen molar-refractivity contribution in [1.29, 1.82) is 0 Å². The third-order valence-electron chi connectivity index (χ3n) is 3.46. The molecular weight excluding hydrogens is 206 g/mol. The summed E-state index contributed by atoms with van der Waals surface area (Å²) in [6.07, 6.45) is 2.64. The van der Waals surface area contributed by atoms with Crippen LogP contribution in [0.25, 0.3) is 0 Å². The number of amides is 2. The second kappa shape index (κ2) is 4.93. The molecule has 0 saturated carbocycles. The Labute approximate surface area is 95.6 Å². The fourth-order valence-corrected chi connectivity index (χ4v) is 2.29. The summed E-state index contributed by atoms with van der Waals surface area (Å²) in [7, 11) is 2.13. The molecule has 0 aromatic carbocycles. The first-order chi connectivity index (χ1) is 7.65. The van der Waals surface area contributed by atoms with Gasteiger partial charge in [0.25, 0.3) is 0 Å². The summed E-state index contributed by atoms with van der Waals surface area (Å²) < 4.78 is 0. The van der Waals surface area contributed by atoms with Crippen LogP contribution in [0.5, 0.6) is 0 Å². The molecule has 1 unspecified atom stereocenters. The van der Waals surface area contributed by atoms with Gasteiger partial charge in [0.2, 0.25) is 11.8 Å². The Morgan fingerprint density at radius 2 is 2.06 bits per heavy atom. The third-order valence-corrected chi connectivity index (χ3v) is 3.46. The van der Waals surface area contributed by atoms with E-state index in [1.807, 2.05) is 0 Å². The number of carbonyl (C=O) groups is 2. The van der Waals surface area contributed by atoms with E-state index in [1.165, 1.54) is 12.8 Å². The van der Waals surface area contributed by atoms with Crippen molar-refractivity contribution >= 4 is 11.8 Å². The zero-order valence-electron chi connectivity index (χ0n) is 9.66. The molecule has 0 bridgehead atoms. The molecule has 2 aliphatic heterocycles. The van der Waals surface area contributed by atoms with Crippen molar-refractivity contribution in [1.82, 2.24) is 15.5 Å². The van der Waals surface area contributed by atoms with Gasteiger partial charge in [-0.2, -0.15) is 0 Å². The number of piperidine rings is 1. The van der Waals surface area contributed by atoms with Crippen molar-refractivity contribution in [3.8, 4) is 0 Å². The van der Waals surface area contributed by atoms with Crippen molar-refractivity contribution < 1.29 is 9.59 Å². The molecule has 2 N–H and O–H groups in total. The van der Waals surface area contributed by atoms with Crippen LogP contribution in [0, 0.1) is 5.92 Å². The van der Waals surface area contributed by atoms with Gasteiger partial charge in [-0.3, -0.25) is 14.9 Å². The maximum Gasteiger partial charge on any atom is 0.244 e. The van der Waals surface area contributed by atoms with Gasteiger partial charge >= 0.3 is 0 Å². The van der Waals surface area contributed by atoms with Gasteiger partial charge in [-0.15, -0.1) is 0 Å². The molecule has 0 aromatic heterocycles. The normalized spacial score (nSPS) is 28.4. The average molecular weight is 225 g/mol. The maximum atomic E-state index is 11.3.